The van der Waals surface area contributed by atoms with Gasteiger partial charge in [-0.1, -0.05) is 48.8 Å². The Kier molecular flexibility index (Phi) is 7.82. The number of carbonyl (C=O) groups is 3. The van der Waals surface area contributed by atoms with Crippen LogP contribution >= 0.6 is 11.3 Å². The van der Waals surface area contributed by atoms with Crippen molar-refractivity contribution in [2.24, 2.45) is 0 Å². The number of aliphatic hydroxyl groups is 1. The Morgan fingerprint density at radius 2 is 1.76 bits per heavy atom. The van der Waals surface area contributed by atoms with Crippen molar-refractivity contribution < 1.29 is 33.4 Å². The van der Waals surface area contributed by atoms with Crippen LogP contribution in [-0.4, -0.2) is 41.0 Å². The number of rotatable bonds is 9. The highest BCUT2D eigenvalue weighted by molar-refractivity contribution is 7.17. The molecule has 8 nitrogen and oxygen atoms in total. The predicted molar refractivity (Wildman–Crippen MR) is 141 cm³/mol. The van der Waals surface area contributed by atoms with E-state index >= 15 is 0 Å². The number of halogens is 1. The summed E-state index contributed by atoms with van der Waals surface area (Å²) in [7, 11) is 0. The predicted octanol–water partition coefficient (Wildman–Crippen LogP) is 5.12. The van der Waals surface area contributed by atoms with E-state index in [0.29, 0.717) is 17.0 Å². The maximum Gasteiger partial charge on any atom is 0.350 e. The van der Waals surface area contributed by atoms with Gasteiger partial charge < -0.3 is 14.6 Å². The number of benzene rings is 2. The van der Waals surface area contributed by atoms with Crippen molar-refractivity contribution in [1.82, 2.24) is 4.98 Å². The molecule has 1 aliphatic rings. The lowest BCUT2D eigenvalue weighted by Crippen LogP contribution is -2.29. The molecule has 4 rings (SSSR count). The zero-order valence-corrected chi connectivity index (χ0v) is 21.2. The minimum Gasteiger partial charge on any atom is -0.507 e. The lowest BCUT2D eigenvalue weighted by atomic mass is 9.95. The number of aliphatic hydroxyl groups excluding tert-OH is 1. The van der Waals surface area contributed by atoms with Gasteiger partial charge >= 0.3 is 11.9 Å². The van der Waals surface area contributed by atoms with Crippen molar-refractivity contribution >= 4 is 39.9 Å². The molecule has 0 radical (unpaired) electrons. The standard InChI is InChI=1S/C28H23FN2O6S/c1-4-14-36-20-12-8-18(9-13-20)23(32)21-22(17-6-10-19(29)11-7-17)31(26(34)24(21)33)28-30-16(3)25(38-28)27(35)37-15-5-2/h4-13,22,32H,1-2,14-15H2,3H3/b23-21+. The number of hydrogen-bond donors (Lipinski definition) is 1. The summed E-state index contributed by atoms with van der Waals surface area (Å²) in [5, 5.41) is 11.3. The number of ether oxygens (including phenoxy) is 2. The van der Waals surface area contributed by atoms with Crippen LogP contribution in [0, 0.1) is 12.7 Å². The van der Waals surface area contributed by atoms with E-state index in [9.17, 15) is 23.9 Å². The van der Waals surface area contributed by atoms with Crippen molar-refractivity contribution in [3.05, 3.63) is 107 Å². The molecule has 0 bridgehead atoms. The minimum absolute atomic E-state index is 0.0109. The van der Waals surface area contributed by atoms with Gasteiger partial charge in [-0.15, -0.1) is 0 Å². The molecule has 1 fully saturated rings. The molecule has 1 unspecified atom stereocenters. The Morgan fingerprint density at radius 1 is 1.11 bits per heavy atom. The molecule has 2 aromatic carbocycles. The van der Waals surface area contributed by atoms with Gasteiger partial charge in [-0.25, -0.2) is 14.2 Å². The average Bonchev–Trinajstić information content (AvgIpc) is 3.43. The summed E-state index contributed by atoms with van der Waals surface area (Å²) >= 11 is 0.872. The van der Waals surface area contributed by atoms with Crippen LogP contribution in [0.5, 0.6) is 5.75 Å². The van der Waals surface area contributed by atoms with Crippen LogP contribution in [0.3, 0.4) is 0 Å². The molecule has 1 N–H and O–H groups in total. The summed E-state index contributed by atoms with van der Waals surface area (Å²) in [6.45, 7) is 8.95. The Bertz CT molecular complexity index is 1440. The summed E-state index contributed by atoms with van der Waals surface area (Å²) in [5.74, 6) is -2.97. The number of hydrogen-bond acceptors (Lipinski definition) is 8. The first-order chi connectivity index (χ1) is 18.3. The highest BCUT2D eigenvalue weighted by Crippen LogP contribution is 2.44. The van der Waals surface area contributed by atoms with Crippen LogP contribution in [0.1, 0.15) is 32.5 Å². The van der Waals surface area contributed by atoms with E-state index in [1.807, 2.05) is 0 Å². The van der Waals surface area contributed by atoms with Crippen LogP contribution < -0.4 is 9.64 Å². The smallest absolute Gasteiger partial charge is 0.350 e. The molecule has 194 valence electrons. The van der Waals surface area contributed by atoms with Gasteiger partial charge in [0.2, 0.25) is 0 Å². The lowest BCUT2D eigenvalue weighted by Gasteiger charge is -2.23. The van der Waals surface area contributed by atoms with Gasteiger partial charge in [0.25, 0.3) is 5.78 Å². The highest BCUT2D eigenvalue weighted by atomic mass is 32.1. The van der Waals surface area contributed by atoms with E-state index < -0.39 is 35.3 Å². The molecule has 0 saturated carbocycles. The summed E-state index contributed by atoms with van der Waals surface area (Å²) in [4.78, 5) is 44.6. The summed E-state index contributed by atoms with van der Waals surface area (Å²) < 4.78 is 24.3. The third-order valence-corrected chi connectivity index (χ3v) is 6.77. The summed E-state index contributed by atoms with van der Waals surface area (Å²) in [6, 6.07) is 10.4. The van der Waals surface area contributed by atoms with Crippen molar-refractivity contribution in [2.45, 2.75) is 13.0 Å². The fraction of sp³-hybridized carbons (Fsp3) is 0.143. The molecule has 2 heterocycles. The third-order valence-electron chi connectivity index (χ3n) is 5.63. The van der Waals surface area contributed by atoms with Crippen LogP contribution in [0.2, 0.25) is 0 Å². The van der Waals surface area contributed by atoms with E-state index in [-0.39, 0.29) is 34.4 Å². The van der Waals surface area contributed by atoms with Gasteiger partial charge in [0.05, 0.1) is 17.3 Å². The number of thiazole rings is 1. The zero-order valence-electron chi connectivity index (χ0n) is 20.3. The topological polar surface area (TPSA) is 106 Å². The van der Waals surface area contributed by atoms with Gasteiger partial charge in [-0.05, 0) is 48.9 Å². The largest absolute Gasteiger partial charge is 0.507 e. The van der Waals surface area contributed by atoms with E-state index in [1.165, 1.54) is 30.3 Å². The Labute approximate surface area is 222 Å². The maximum atomic E-state index is 13.7. The molecule has 38 heavy (non-hydrogen) atoms. The molecular formula is C28H23FN2O6S. The minimum atomic E-state index is -1.13. The number of nitrogens with zero attached hydrogens (tertiary/aromatic N) is 2. The number of carbonyl (C=O) groups excluding carboxylic acids is 3. The van der Waals surface area contributed by atoms with Gasteiger partial charge in [-0.3, -0.25) is 14.5 Å². The van der Waals surface area contributed by atoms with Crippen LogP contribution in [0.25, 0.3) is 5.76 Å². The first kappa shape index (κ1) is 26.5. The monoisotopic (exact) mass is 534 g/mol. The number of ketones is 1. The SMILES string of the molecule is C=CCOC(=O)c1sc(N2C(=O)C(=O)/C(=C(/O)c3ccc(OCC=C)cc3)C2c2ccc(F)cc2)nc1C. The lowest BCUT2D eigenvalue weighted by molar-refractivity contribution is -0.132. The Hall–Kier alpha value is -4.57. The van der Waals surface area contributed by atoms with E-state index in [1.54, 1.807) is 37.3 Å². The molecule has 10 heteroatoms. The second-order valence-corrected chi connectivity index (χ2v) is 9.12. The number of anilines is 1. The molecule has 1 saturated heterocycles. The van der Waals surface area contributed by atoms with Crippen LogP contribution in [0.15, 0.2) is 79.4 Å². The Balaban J connectivity index is 1.82. The zero-order chi connectivity index (χ0) is 27.4. The van der Waals surface area contributed by atoms with Gasteiger partial charge in [0, 0.05) is 5.56 Å². The quantitative estimate of drug-likeness (QED) is 0.133. The third kappa shape index (κ3) is 5.12. The van der Waals surface area contributed by atoms with Crippen molar-refractivity contribution in [1.29, 1.82) is 0 Å². The first-order valence-corrected chi connectivity index (χ1v) is 12.2. The Morgan fingerprint density at radius 3 is 2.39 bits per heavy atom. The molecule has 1 amide bonds. The molecule has 0 aliphatic carbocycles. The van der Waals surface area contributed by atoms with Crippen molar-refractivity contribution in [3.8, 4) is 5.75 Å². The molecule has 1 atom stereocenters. The van der Waals surface area contributed by atoms with Crippen LogP contribution in [-0.2, 0) is 14.3 Å². The van der Waals surface area contributed by atoms with Gasteiger partial charge in [-0.2, -0.15) is 0 Å². The molecule has 0 spiro atoms. The number of esters is 1. The fourth-order valence-electron chi connectivity index (χ4n) is 3.88. The van der Waals surface area contributed by atoms with Crippen molar-refractivity contribution in [2.75, 3.05) is 18.1 Å². The number of Topliss-reactive ketones (excluding diaryl/α,β-unsaturated/α-hetero) is 1. The molecule has 1 aromatic heterocycles. The number of amides is 1. The van der Waals surface area contributed by atoms with Crippen molar-refractivity contribution in [3.63, 3.8) is 0 Å². The number of aryl methyl sites for hydroxylation is 1. The van der Waals surface area contributed by atoms with Gasteiger partial charge in [0.15, 0.2) is 5.13 Å². The molecular weight excluding hydrogens is 511 g/mol. The highest BCUT2D eigenvalue weighted by Gasteiger charge is 2.48. The number of aromatic nitrogens is 1. The fourth-order valence-corrected chi connectivity index (χ4v) is 4.87. The first-order valence-electron chi connectivity index (χ1n) is 11.4. The van der Waals surface area contributed by atoms with E-state index in [0.717, 1.165) is 16.2 Å². The normalized spacial score (nSPS) is 16.4. The second-order valence-electron chi connectivity index (χ2n) is 8.14. The maximum absolute atomic E-state index is 13.7. The molecule has 3 aromatic rings. The average molecular weight is 535 g/mol. The molecule has 1 aliphatic heterocycles. The summed E-state index contributed by atoms with van der Waals surface area (Å²) in [5.41, 5.74) is 0.728. The van der Waals surface area contributed by atoms with Gasteiger partial charge in [0.1, 0.15) is 35.4 Å². The van der Waals surface area contributed by atoms with E-state index in [2.05, 4.69) is 18.1 Å². The second kappa shape index (κ2) is 11.2. The van der Waals surface area contributed by atoms with Crippen LogP contribution in [0.4, 0.5) is 9.52 Å². The summed E-state index contributed by atoms with van der Waals surface area (Å²) in [6.07, 6.45) is 3.00. The van der Waals surface area contributed by atoms with E-state index in [4.69, 9.17) is 9.47 Å².